The smallest absolute Gasteiger partial charge is 0.231 e. The molecule has 1 N–H and O–H groups in total. The molecule has 2 heterocycles. The average molecular weight is 396 g/mol. The number of hydrogen-bond donors (Lipinski definition) is 1. The summed E-state index contributed by atoms with van der Waals surface area (Å²) in [6.07, 6.45) is -0.00509. The zero-order chi connectivity index (χ0) is 19.9. The maximum absolute atomic E-state index is 13.7. The van der Waals surface area contributed by atoms with Crippen LogP contribution < -0.4 is 4.74 Å². The molecule has 2 aliphatic heterocycles. The first-order valence-electron chi connectivity index (χ1n) is 8.70. The van der Waals surface area contributed by atoms with Gasteiger partial charge in [-0.05, 0) is 29.8 Å². The minimum Gasteiger partial charge on any atom is -0.497 e. The first-order valence-corrected chi connectivity index (χ1v) is 9.69. The number of thioether (sulfide) groups is 1. The first-order chi connectivity index (χ1) is 13.5. The maximum atomic E-state index is 13.7. The molecular weight excluding hydrogens is 379 g/mol. The van der Waals surface area contributed by atoms with Gasteiger partial charge in [-0.15, -0.1) is 11.8 Å². The Kier molecular flexibility index (Phi) is 4.61. The molecule has 2 aromatic rings. The van der Waals surface area contributed by atoms with Crippen molar-refractivity contribution in [2.75, 3.05) is 12.9 Å². The van der Waals surface area contributed by atoms with Gasteiger partial charge < -0.3 is 9.84 Å². The third-order valence-electron chi connectivity index (χ3n) is 5.11. The number of carbonyl (C=O) groups excluding carboxylic acids is 1. The van der Waals surface area contributed by atoms with Crippen LogP contribution in [0.25, 0.3) is 0 Å². The van der Waals surface area contributed by atoms with Crippen molar-refractivity contribution >= 4 is 17.7 Å². The van der Waals surface area contributed by atoms with Crippen molar-refractivity contribution < 1.29 is 19.0 Å². The number of aliphatic hydroxyl groups is 1. The number of hydrogen-bond acceptors (Lipinski definition) is 5. The lowest BCUT2D eigenvalue weighted by Gasteiger charge is -2.38. The predicted octanol–water partition coefficient (Wildman–Crippen LogP) is 3.48. The number of halogens is 1. The lowest BCUT2D eigenvalue weighted by molar-refractivity contribution is -0.149. The van der Waals surface area contributed by atoms with Gasteiger partial charge in [0.25, 0.3) is 0 Å². The van der Waals surface area contributed by atoms with Crippen molar-refractivity contribution in [1.29, 1.82) is 5.26 Å². The van der Waals surface area contributed by atoms with Crippen molar-refractivity contribution in [3.05, 3.63) is 76.1 Å². The molecule has 142 valence electrons. The first kappa shape index (κ1) is 18.5. The molecule has 0 radical (unpaired) electrons. The lowest BCUT2D eigenvalue weighted by Crippen LogP contribution is -2.48. The Bertz CT molecular complexity index is 1020. The van der Waals surface area contributed by atoms with Crippen LogP contribution in [0.2, 0.25) is 0 Å². The van der Waals surface area contributed by atoms with E-state index in [1.54, 1.807) is 43.5 Å². The molecule has 0 saturated carbocycles. The summed E-state index contributed by atoms with van der Waals surface area (Å²) >= 11 is 1.26. The number of ether oxygens (including phenoxy) is 1. The molecule has 1 saturated heterocycles. The standard InChI is InChI=1S/C21H17FN2O3S/c1-27-16-7-5-14(6-8-16)21(26)12-28-20-18(11-23)17(10-19(25)24(20)21)13-3-2-4-15(22)9-13/h2-9,17,26H,10,12H2,1H3/t17-,21+/m1/s1. The highest BCUT2D eigenvalue weighted by Gasteiger charge is 2.51. The van der Waals surface area contributed by atoms with E-state index < -0.39 is 17.5 Å². The summed E-state index contributed by atoms with van der Waals surface area (Å²) in [6, 6.07) is 15.0. The molecule has 0 spiro atoms. The van der Waals surface area contributed by atoms with E-state index in [0.29, 0.717) is 27.5 Å². The van der Waals surface area contributed by atoms with Crippen LogP contribution in [0, 0.1) is 17.1 Å². The van der Waals surface area contributed by atoms with Gasteiger partial charge >= 0.3 is 0 Å². The molecule has 28 heavy (non-hydrogen) atoms. The second kappa shape index (κ2) is 6.97. The third-order valence-corrected chi connectivity index (χ3v) is 6.34. The quantitative estimate of drug-likeness (QED) is 0.860. The summed E-state index contributed by atoms with van der Waals surface area (Å²) in [7, 11) is 1.55. The van der Waals surface area contributed by atoms with Gasteiger partial charge in [0.15, 0.2) is 5.72 Å². The van der Waals surface area contributed by atoms with Crippen LogP contribution in [0.4, 0.5) is 4.39 Å². The van der Waals surface area contributed by atoms with E-state index in [0.717, 1.165) is 0 Å². The largest absolute Gasteiger partial charge is 0.497 e. The van der Waals surface area contributed by atoms with Crippen LogP contribution in [-0.2, 0) is 10.5 Å². The highest BCUT2D eigenvalue weighted by atomic mass is 32.2. The fourth-order valence-corrected chi connectivity index (χ4v) is 5.06. The molecule has 0 bridgehead atoms. The van der Waals surface area contributed by atoms with Gasteiger partial charge in [-0.2, -0.15) is 5.26 Å². The summed E-state index contributed by atoms with van der Waals surface area (Å²) in [5.41, 5.74) is -0.0407. The van der Waals surface area contributed by atoms with Gasteiger partial charge in [0.05, 0.1) is 29.5 Å². The molecule has 5 nitrogen and oxygen atoms in total. The molecule has 2 aromatic carbocycles. The van der Waals surface area contributed by atoms with Gasteiger partial charge in [-0.3, -0.25) is 9.69 Å². The van der Waals surface area contributed by atoms with Gasteiger partial charge in [-0.1, -0.05) is 24.3 Å². The van der Waals surface area contributed by atoms with Crippen LogP contribution in [0.3, 0.4) is 0 Å². The SMILES string of the molecule is COc1ccc([C@@]2(O)CSC3=C(C#N)[C@@H](c4cccc(F)c4)CC(=O)N32)cc1. The highest BCUT2D eigenvalue weighted by molar-refractivity contribution is 8.03. The average Bonchev–Trinajstić information content (AvgIpc) is 3.07. The number of benzene rings is 2. The maximum Gasteiger partial charge on any atom is 0.231 e. The Labute approximate surface area is 166 Å². The number of nitriles is 1. The molecule has 7 heteroatoms. The summed E-state index contributed by atoms with van der Waals surface area (Å²) in [5.74, 6) is -0.385. The molecule has 2 atom stereocenters. The summed E-state index contributed by atoms with van der Waals surface area (Å²) in [6.45, 7) is 0. The fraction of sp³-hybridized carbons (Fsp3) is 0.238. The van der Waals surface area contributed by atoms with Gasteiger partial charge in [0.2, 0.25) is 5.91 Å². The van der Waals surface area contributed by atoms with Crippen LogP contribution in [-0.4, -0.2) is 28.8 Å². The number of rotatable bonds is 3. The number of carbonyl (C=O) groups is 1. The minimum atomic E-state index is -1.54. The predicted molar refractivity (Wildman–Crippen MR) is 103 cm³/mol. The monoisotopic (exact) mass is 396 g/mol. The second-order valence-corrected chi connectivity index (χ2v) is 7.67. The molecule has 1 amide bonds. The van der Waals surface area contributed by atoms with Crippen LogP contribution >= 0.6 is 11.8 Å². The van der Waals surface area contributed by atoms with Crippen molar-refractivity contribution in [2.24, 2.45) is 0 Å². The highest BCUT2D eigenvalue weighted by Crippen LogP contribution is 2.51. The van der Waals surface area contributed by atoms with Gasteiger partial charge in [0.1, 0.15) is 11.6 Å². The van der Waals surface area contributed by atoms with Crippen molar-refractivity contribution in [1.82, 2.24) is 4.90 Å². The minimum absolute atomic E-state index is 0.00509. The normalized spacial score (nSPS) is 24.1. The van der Waals surface area contributed by atoms with E-state index in [-0.39, 0.29) is 18.1 Å². The Morgan fingerprint density at radius 3 is 2.71 bits per heavy atom. The van der Waals surface area contributed by atoms with E-state index in [2.05, 4.69) is 6.07 Å². The Morgan fingerprint density at radius 1 is 1.32 bits per heavy atom. The molecule has 4 rings (SSSR count). The molecule has 0 aromatic heterocycles. The van der Waals surface area contributed by atoms with Crippen LogP contribution in [0.5, 0.6) is 5.75 Å². The van der Waals surface area contributed by atoms with Crippen molar-refractivity contribution in [3.8, 4) is 11.8 Å². The fourth-order valence-electron chi connectivity index (χ4n) is 3.70. The van der Waals surface area contributed by atoms with Gasteiger partial charge in [0, 0.05) is 17.9 Å². The molecule has 2 aliphatic rings. The zero-order valence-electron chi connectivity index (χ0n) is 15.1. The molecule has 0 aliphatic carbocycles. The number of allylic oxidation sites excluding steroid dienone is 1. The van der Waals surface area contributed by atoms with Crippen molar-refractivity contribution in [2.45, 2.75) is 18.1 Å². The Morgan fingerprint density at radius 2 is 2.07 bits per heavy atom. The number of nitrogens with zero attached hydrogens (tertiary/aromatic N) is 2. The van der Waals surface area contributed by atoms with Crippen molar-refractivity contribution in [3.63, 3.8) is 0 Å². The van der Waals surface area contributed by atoms with Crippen LogP contribution in [0.1, 0.15) is 23.5 Å². The topological polar surface area (TPSA) is 73.6 Å². The second-order valence-electron chi connectivity index (χ2n) is 6.71. The summed E-state index contributed by atoms with van der Waals surface area (Å²) in [4.78, 5) is 14.3. The number of fused-ring (bicyclic) bond motifs is 1. The summed E-state index contributed by atoms with van der Waals surface area (Å²) in [5, 5.41) is 21.6. The molecule has 0 unspecified atom stereocenters. The van der Waals surface area contributed by atoms with Gasteiger partial charge in [-0.25, -0.2) is 4.39 Å². The van der Waals surface area contributed by atoms with E-state index in [9.17, 15) is 19.6 Å². The lowest BCUT2D eigenvalue weighted by atomic mass is 9.85. The third kappa shape index (κ3) is 2.86. The van der Waals surface area contributed by atoms with Crippen LogP contribution in [0.15, 0.2) is 59.1 Å². The Balaban J connectivity index is 1.78. The number of amides is 1. The zero-order valence-corrected chi connectivity index (χ0v) is 15.9. The van der Waals surface area contributed by atoms with E-state index in [4.69, 9.17) is 4.74 Å². The van der Waals surface area contributed by atoms with E-state index in [1.165, 1.54) is 28.8 Å². The van der Waals surface area contributed by atoms with E-state index >= 15 is 0 Å². The molecular formula is C21H17FN2O3S. The van der Waals surface area contributed by atoms with E-state index in [1.807, 2.05) is 0 Å². The molecule has 1 fully saturated rings. The number of methoxy groups -OCH3 is 1. The summed E-state index contributed by atoms with van der Waals surface area (Å²) < 4.78 is 18.8. The Hall–Kier alpha value is -2.82.